The van der Waals surface area contributed by atoms with Gasteiger partial charge in [0, 0.05) is 24.2 Å². The molecule has 1 fully saturated rings. The molecule has 2 unspecified atom stereocenters. The highest BCUT2D eigenvalue weighted by atomic mass is 15.3. The molecule has 2 aromatic rings. The second-order valence-electron chi connectivity index (χ2n) is 4.07. The van der Waals surface area contributed by atoms with Crippen molar-refractivity contribution in [1.82, 2.24) is 19.6 Å². The summed E-state index contributed by atoms with van der Waals surface area (Å²) in [6.07, 6.45) is 6.86. The van der Waals surface area contributed by atoms with Crippen molar-refractivity contribution in [3.63, 3.8) is 0 Å². The topological polar surface area (TPSA) is 69.1 Å². The van der Waals surface area contributed by atoms with Gasteiger partial charge >= 0.3 is 0 Å². The zero-order valence-electron chi connectivity index (χ0n) is 8.37. The van der Waals surface area contributed by atoms with E-state index in [-0.39, 0.29) is 6.04 Å². The Morgan fingerprint density at radius 2 is 2.27 bits per heavy atom. The van der Waals surface area contributed by atoms with Crippen LogP contribution in [0.4, 0.5) is 0 Å². The van der Waals surface area contributed by atoms with Gasteiger partial charge in [0.15, 0.2) is 5.65 Å². The van der Waals surface area contributed by atoms with Gasteiger partial charge in [0.25, 0.3) is 0 Å². The number of hydrogen-bond acceptors (Lipinski definition) is 4. The minimum atomic E-state index is 0.220. The maximum Gasteiger partial charge on any atom is 0.163 e. The highest BCUT2D eigenvalue weighted by Gasteiger charge is 2.29. The zero-order chi connectivity index (χ0) is 10.3. The molecular weight excluding hydrogens is 190 g/mol. The van der Waals surface area contributed by atoms with Crippen LogP contribution < -0.4 is 5.73 Å². The van der Waals surface area contributed by atoms with Gasteiger partial charge in [-0.25, -0.2) is 4.98 Å². The van der Waals surface area contributed by atoms with Crippen molar-refractivity contribution in [2.45, 2.75) is 31.2 Å². The van der Waals surface area contributed by atoms with Crippen LogP contribution in [0.25, 0.3) is 5.65 Å². The molecule has 0 spiro atoms. The lowest BCUT2D eigenvalue weighted by atomic mass is 10.0. The van der Waals surface area contributed by atoms with E-state index in [0.29, 0.717) is 5.92 Å². The van der Waals surface area contributed by atoms with Crippen molar-refractivity contribution in [2.75, 3.05) is 0 Å². The predicted octanol–water partition coefficient (Wildman–Crippen LogP) is 0.719. The maximum absolute atomic E-state index is 6.06. The third-order valence-electron chi connectivity index (χ3n) is 3.14. The standard InChI is InChI=1S/C10H13N5/c11-8-3-1-2-7(8)10-14-13-9-4-5-12-6-15(9)10/h4-8H,1-3,11H2. The molecule has 0 bridgehead atoms. The van der Waals surface area contributed by atoms with Crippen molar-refractivity contribution in [2.24, 2.45) is 5.73 Å². The average Bonchev–Trinajstić information content (AvgIpc) is 2.83. The van der Waals surface area contributed by atoms with Gasteiger partial charge in [-0.1, -0.05) is 6.42 Å². The Bertz CT molecular complexity index is 477. The third kappa shape index (κ3) is 1.31. The smallest absolute Gasteiger partial charge is 0.163 e. The van der Waals surface area contributed by atoms with E-state index in [1.807, 2.05) is 10.5 Å². The molecule has 1 saturated carbocycles. The highest BCUT2D eigenvalue weighted by Crippen LogP contribution is 2.32. The van der Waals surface area contributed by atoms with E-state index in [1.54, 1.807) is 12.5 Å². The molecule has 3 rings (SSSR count). The van der Waals surface area contributed by atoms with Gasteiger partial charge in [0.05, 0.1) is 0 Å². The van der Waals surface area contributed by atoms with Crippen LogP contribution in [-0.2, 0) is 0 Å². The van der Waals surface area contributed by atoms with E-state index >= 15 is 0 Å². The first-order chi connectivity index (χ1) is 7.36. The molecule has 2 N–H and O–H groups in total. The first-order valence-corrected chi connectivity index (χ1v) is 5.26. The second-order valence-corrected chi connectivity index (χ2v) is 4.07. The van der Waals surface area contributed by atoms with Crippen LogP contribution in [0.2, 0.25) is 0 Å². The lowest BCUT2D eigenvalue weighted by Crippen LogP contribution is -2.24. The minimum Gasteiger partial charge on any atom is -0.327 e. The number of nitrogens with two attached hydrogens (primary N) is 1. The maximum atomic E-state index is 6.06. The molecule has 0 radical (unpaired) electrons. The summed E-state index contributed by atoms with van der Waals surface area (Å²) in [5.74, 6) is 1.30. The van der Waals surface area contributed by atoms with Crippen LogP contribution >= 0.6 is 0 Å². The molecule has 2 aromatic heterocycles. The molecule has 0 aromatic carbocycles. The van der Waals surface area contributed by atoms with Gasteiger partial charge in [-0.2, -0.15) is 0 Å². The summed E-state index contributed by atoms with van der Waals surface area (Å²) in [4.78, 5) is 4.08. The lowest BCUT2D eigenvalue weighted by molar-refractivity contribution is 0.574. The summed E-state index contributed by atoms with van der Waals surface area (Å²) < 4.78 is 1.94. The molecule has 0 amide bonds. The summed E-state index contributed by atoms with van der Waals surface area (Å²) in [7, 11) is 0. The van der Waals surface area contributed by atoms with Gasteiger partial charge in [0.1, 0.15) is 12.2 Å². The van der Waals surface area contributed by atoms with Crippen molar-refractivity contribution >= 4 is 5.65 Å². The van der Waals surface area contributed by atoms with Crippen molar-refractivity contribution in [3.8, 4) is 0 Å². The molecule has 0 saturated heterocycles. The van der Waals surface area contributed by atoms with Crippen LogP contribution in [0.5, 0.6) is 0 Å². The van der Waals surface area contributed by atoms with Crippen LogP contribution in [0.1, 0.15) is 31.0 Å². The summed E-state index contributed by atoms with van der Waals surface area (Å²) in [5, 5.41) is 8.34. The van der Waals surface area contributed by atoms with Gasteiger partial charge in [-0.3, -0.25) is 4.40 Å². The number of hydrogen-bond donors (Lipinski definition) is 1. The summed E-state index contributed by atoms with van der Waals surface area (Å²) >= 11 is 0. The fourth-order valence-corrected chi connectivity index (χ4v) is 2.33. The van der Waals surface area contributed by atoms with Gasteiger partial charge in [-0.15, -0.1) is 10.2 Å². The quantitative estimate of drug-likeness (QED) is 0.741. The molecule has 2 heterocycles. The molecule has 5 nitrogen and oxygen atoms in total. The molecule has 1 aliphatic rings. The third-order valence-corrected chi connectivity index (χ3v) is 3.14. The van der Waals surface area contributed by atoms with E-state index in [1.165, 1.54) is 6.42 Å². The Labute approximate surface area is 87.3 Å². The second kappa shape index (κ2) is 3.27. The molecule has 0 aliphatic heterocycles. The number of nitrogens with zero attached hydrogens (tertiary/aromatic N) is 4. The molecule has 78 valence electrons. The van der Waals surface area contributed by atoms with E-state index in [2.05, 4.69) is 15.2 Å². The zero-order valence-corrected chi connectivity index (χ0v) is 8.37. The van der Waals surface area contributed by atoms with Crippen LogP contribution in [0.15, 0.2) is 18.6 Å². The van der Waals surface area contributed by atoms with E-state index in [4.69, 9.17) is 5.73 Å². The van der Waals surface area contributed by atoms with E-state index in [9.17, 15) is 0 Å². The number of aromatic nitrogens is 4. The Morgan fingerprint density at radius 1 is 1.33 bits per heavy atom. The number of fused-ring (bicyclic) bond motifs is 1. The Balaban J connectivity index is 2.10. The predicted molar refractivity (Wildman–Crippen MR) is 55.3 cm³/mol. The van der Waals surface area contributed by atoms with E-state index in [0.717, 1.165) is 24.3 Å². The molecular formula is C10H13N5. The Kier molecular flexibility index (Phi) is 1.92. The highest BCUT2D eigenvalue weighted by molar-refractivity contribution is 5.36. The first kappa shape index (κ1) is 8.79. The van der Waals surface area contributed by atoms with Crippen LogP contribution in [0, 0.1) is 0 Å². The fourth-order valence-electron chi connectivity index (χ4n) is 2.33. The summed E-state index contributed by atoms with van der Waals surface area (Å²) in [6, 6.07) is 2.08. The lowest BCUT2D eigenvalue weighted by Gasteiger charge is -2.12. The van der Waals surface area contributed by atoms with Gasteiger partial charge < -0.3 is 5.73 Å². The van der Waals surface area contributed by atoms with Gasteiger partial charge in [-0.05, 0) is 12.8 Å². The largest absolute Gasteiger partial charge is 0.327 e. The summed E-state index contributed by atoms with van der Waals surface area (Å²) in [5.41, 5.74) is 6.91. The van der Waals surface area contributed by atoms with E-state index < -0.39 is 0 Å². The number of rotatable bonds is 1. The van der Waals surface area contributed by atoms with Crippen molar-refractivity contribution in [1.29, 1.82) is 0 Å². The van der Waals surface area contributed by atoms with Gasteiger partial charge in [0.2, 0.25) is 0 Å². The minimum absolute atomic E-state index is 0.220. The summed E-state index contributed by atoms with van der Waals surface area (Å²) in [6.45, 7) is 0. The molecule has 1 aliphatic carbocycles. The monoisotopic (exact) mass is 203 g/mol. The van der Waals surface area contributed by atoms with Crippen molar-refractivity contribution < 1.29 is 0 Å². The molecule has 2 atom stereocenters. The molecule has 15 heavy (non-hydrogen) atoms. The van der Waals surface area contributed by atoms with Crippen molar-refractivity contribution in [3.05, 3.63) is 24.4 Å². The Morgan fingerprint density at radius 3 is 3.07 bits per heavy atom. The fraction of sp³-hybridized carbons (Fsp3) is 0.500. The van der Waals surface area contributed by atoms with Crippen LogP contribution in [-0.4, -0.2) is 25.6 Å². The SMILES string of the molecule is NC1CCCC1c1nnc2ccncn12. The van der Waals surface area contributed by atoms with Crippen LogP contribution in [0.3, 0.4) is 0 Å². The Hall–Kier alpha value is -1.49. The normalized spacial score (nSPS) is 26.2. The average molecular weight is 203 g/mol. The molecule has 5 heteroatoms. The first-order valence-electron chi connectivity index (χ1n) is 5.26.